The van der Waals surface area contributed by atoms with Gasteiger partial charge in [-0.2, -0.15) is 0 Å². The molecular weight excluding hydrogens is 424 g/mol. The summed E-state index contributed by atoms with van der Waals surface area (Å²) < 4.78 is 0. The van der Waals surface area contributed by atoms with Crippen molar-refractivity contribution < 1.29 is 14.4 Å². The number of urea groups is 1. The maximum atomic E-state index is 12.7. The van der Waals surface area contributed by atoms with Gasteiger partial charge in [-0.3, -0.25) is 14.5 Å². The molecule has 1 spiro atoms. The number of nitrogens with one attached hydrogen (secondary N) is 2. The van der Waals surface area contributed by atoms with Gasteiger partial charge in [-0.05, 0) is 30.2 Å². The zero-order valence-electron chi connectivity index (χ0n) is 18.9. The highest BCUT2D eigenvalue weighted by Crippen LogP contribution is 2.35. The van der Waals surface area contributed by atoms with Gasteiger partial charge in [0.15, 0.2) is 5.13 Å². The summed E-state index contributed by atoms with van der Waals surface area (Å²) in [6, 6.07) is 7.99. The molecule has 7 nitrogen and oxygen atoms in total. The molecule has 2 heterocycles. The zero-order chi connectivity index (χ0) is 22.9. The number of carbonyl (C=O) groups is 3. The number of amides is 4. The second-order valence-corrected chi connectivity index (χ2v) is 10.6. The Balaban J connectivity index is 1.28. The van der Waals surface area contributed by atoms with Crippen LogP contribution in [0.25, 0.3) is 11.3 Å². The van der Waals surface area contributed by atoms with Gasteiger partial charge in [0, 0.05) is 23.9 Å². The number of nitrogens with zero attached hydrogens (tertiary/aromatic N) is 2. The summed E-state index contributed by atoms with van der Waals surface area (Å²) in [6.45, 7) is 6.79. The van der Waals surface area contributed by atoms with Crippen LogP contribution in [-0.4, -0.2) is 39.8 Å². The third-order valence-corrected chi connectivity index (χ3v) is 7.04. The Hall–Kier alpha value is -2.74. The number of carbonyl (C=O) groups excluding carboxylic acids is 3. The Kier molecular flexibility index (Phi) is 6.07. The molecule has 4 rings (SSSR count). The average Bonchev–Trinajstić information content (AvgIpc) is 3.45. The molecule has 0 bridgehead atoms. The normalized spacial score (nSPS) is 17.8. The predicted molar refractivity (Wildman–Crippen MR) is 126 cm³/mol. The molecule has 2 fully saturated rings. The van der Waals surface area contributed by atoms with Gasteiger partial charge < -0.3 is 10.6 Å². The van der Waals surface area contributed by atoms with Gasteiger partial charge in [-0.1, -0.05) is 57.9 Å². The molecule has 170 valence electrons. The highest BCUT2D eigenvalue weighted by atomic mass is 32.1. The molecule has 1 saturated carbocycles. The molecule has 1 aliphatic carbocycles. The van der Waals surface area contributed by atoms with E-state index in [1.165, 1.54) is 21.8 Å². The maximum absolute atomic E-state index is 12.7. The third-order valence-electron chi connectivity index (χ3n) is 6.29. The number of anilines is 1. The molecule has 32 heavy (non-hydrogen) atoms. The average molecular weight is 455 g/mol. The van der Waals surface area contributed by atoms with Crippen molar-refractivity contribution >= 4 is 34.3 Å². The molecule has 2 aliphatic rings. The van der Waals surface area contributed by atoms with E-state index in [2.05, 4.69) is 60.7 Å². The van der Waals surface area contributed by atoms with Crippen LogP contribution < -0.4 is 10.6 Å². The second kappa shape index (κ2) is 8.65. The van der Waals surface area contributed by atoms with Gasteiger partial charge in [0.2, 0.25) is 5.91 Å². The first-order valence-corrected chi connectivity index (χ1v) is 12.1. The van der Waals surface area contributed by atoms with Crippen molar-refractivity contribution in [3.63, 3.8) is 0 Å². The van der Waals surface area contributed by atoms with Crippen molar-refractivity contribution in [2.24, 2.45) is 0 Å². The summed E-state index contributed by atoms with van der Waals surface area (Å²) in [5.41, 5.74) is 2.49. The van der Waals surface area contributed by atoms with Crippen molar-refractivity contribution in [3.05, 3.63) is 35.2 Å². The molecule has 0 unspecified atom stereocenters. The molecule has 1 aliphatic heterocycles. The molecule has 1 saturated heterocycles. The summed E-state index contributed by atoms with van der Waals surface area (Å²) >= 11 is 1.38. The van der Waals surface area contributed by atoms with Crippen LogP contribution in [0.5, 0.6) is 0 Å². The van der Waals surface area contributed by atoms with Crippen molar-refractivity contribution in [2.75, 3.05) is 11.9 Å². The van der Waals surface area contributed by atoms with Crippen LogP contribution in [0.3, 0.4) is 0 Å². The Morgan fingerprint density at radius 2 is 1.88 bits per heavy atom. The lowest BCUT2D eigenvalue weighted by atomic mass is 9.86. The van der Waals surface area contributed by atoms with E-state index >= 15 is 0 Å². The first-order chi connectivity index (χ1) is 15.2. The summed E-state index contributed by atoms with van der Waals surface area (Å²) in [7, 11) is 0. The van der Waals surface area contributed by atoms with Gasteiger partial charge in [0.25, 0.3) is 5.91 Å². The molecule has 0 radical (unpaired) electrons. The van der Waals surface area contributed by atoms with Crippen LogP contribution in [0.4, 0.5) is 9.93 Å². The van der Waals surface area contributed by atoms with Crippen LogP contribution in [0, 0.1) is 0 Å². The van der Waals surface area contributed by atoms with Crippen LogP contribution in [-0.2, 0) is 15.0 Å². The largest absolute Gasteiger partial charge is 0.325 e. The number of imide groups is 1. The van der Waals surface area contributed by atoms with E-state index in [0.717, 1.165) is 24.1 Å². The number of hydrogen-bond donors (Lipinski definition) is 2. The van der Waals surface area contributed by atoms with Crippen molar-refractivity contribution in [1.29, 1.82) is 0 Å². The second-order valence-electron chi connectivity index (χ2n) is 9.69. The Bertz CT molecular complexity index is 1020. The maximum Gasteiger partial charge on any atom is 0.325 e. The molecule has 1 aromatic carbocycles. The van der Waals surface area contributed by atoms with Crippen molar-refractivity contribution in [2.45, 2.75) is 70.3 Å². The molecule has 8 heteroatoms. The van der Waals surface area contributed by atoms with Crippen molar-refractivity contribution in [1.82, 2.24) is 15.2 Å². The summed E-state index contributed by atoms with van der Waals surface area (Å²) in [5, 5.41) is 8.17. The standard InChI is InChI=1S/C24H30N4O3S/c1-23(2,3)17-10-8-16(9-11-17)18-15-32-21(25-18)26-19(29)7-6-14-28-20(30)24(27-22(28)31)12-4-5-13-24/h8-11,15H,4-7,12-14H2,1-3H3,(H,27,31)(H,25,26,29). The molecule has 1 aromatic heterocycles. The lowest BCUT2D eigenvalue weighted by molar-refractivity contribution is -0.131. The summed E-state index contributed by atoms with van der Waals surface area (Å²) in [4.78, 5) is 43.0. The SMILES string of the molecule is CC(C)(C)c1ccc(-c2csc(NC(=O)CCCN3C(=O)NC4(CCCC4)C3=O)n2)cc1. The molecule has 2 aromatic rings. The predicted octanol–water partition coefficient (Wildman–Crippen LogP) is 4.69. The van der Waals surface area contributed by atoms with E-state index in [-0.39, 0.29) is 36.2 Å². The monoisotopic (exact) mass is 454 g/mol. The number of thiazole rings is 1. The Morgan fingerprint density at radius 1 is 1.19 bits per heavy atom. The van der Waals surface area contributed by atoms with Gasteiger partial charge in [-0.15, -0.1) is 11.3 Å². The van der Waals surface area contributed by atoms with Crippen LogP contribution in [0.15, 0.2) is 29.6 Å². The minimum atomic E-state index is -0.693. The number of aromatic nitrogens is 1. The fraction of sp³-hybridized carbons (Fsp3) is 0.500. The van der Waals surface area contributed by atoms with E-state index in [0.29, 0.717) is 24.4 Å². The van der Waals surface area contributed by atoms with Crippen molar-refractivity contribution in [3.8, 4) is 11.3 Å². The fourth-order valence-electron chi connectivity index (χ4n) is 4.38. The smallest absolute Gasteiger partial charge is 0.323 e. The lowest BCUT2D eigenvalue weighted by Crippen LogP contribution is -2.44. The minimum absolute atomic E-state index is 0.0950. The van der Waals surface area contributed by atoms with Crippen LogP contribution >= 0.6 is 11.3 Å². The first kappa shape index (κ1) is 22.5. The highest BCUT2D eigenvalue weighted by Gasteiger charge is 2.52. The highest BCUT2D eigenvalue weighted by molar-refractivity contribution is 7.14. The van der Waals surface area contributed by atoms with Gasteiger partial charge >= 0.3 is 6.03 Å². The number of benzene rings is 1. The number of rotatable bonds is 6. The van der Waals surface area contributed by atoms with Gasteiger partial charge in [-0.25, -0.2) is 9.78 Å². The quantitative estimate of drug-likeness (QED) is 0.620. The third kappa shape index (κ3) is 4.55. The zero-order valence-corrected chi connectivity index (χ0v) is 19.7. The minimum Gasteiger partial charge on any atom is -0.323 e. The lowest BCUT2D eigenvalue weighted by Gasteiger charge is -2.19. The molecule has 0 atom stereocenters. The molecule has 4 amide bonds. The van der Waals surface area contributed by atoms with E-state index < -0.39 is 5.54 Å². The summed E-state index contributed by atoms with van der Waals surface area (Å²) in [6.07, 6.45) is 3.98. The van der Waals surface area contributed by atoms with E-state index in [1.807, 2.05) is 5.38 Å². The molecule has 2 N–H and O–H groups in total. The van der Waals surface area contributed by atoms with Crippen LogP contribution in [0.2, 0.25) is 0 Å². The number of hydrogen-bond acceptors (Lipinski definition) is 5. The van der Waals surface area contributed by atoms with E-state index in [9.17, 15) is 14.4 Å². The van der Waals surface area contributed by atoms with Gasteiger partial charge in [0.1, 0.15) is 5.54 Å². The first-order valence-electron chi connectivity index (χ1n) is 11.2. The Labute approximate surface area is 192 Å². The van der Waals surface area contributed by atoms with Crippen LogP contribution in [0.1, 0.15) is 64.9 Å². The van der Waals surface area contributed by atoms with E-state index in [4.69, 9.17) is 0 Å². The van der Waals surface area contributed by atoms with Gasteiger partial charge in [0.05, 0.1) is 5.69 Å². The fourth-order valence-corrected chi connectivity index (χ4v) is 5.12. The molecular formula is C24H30N4O3S. The Morgan fingerprint density at radius 3 is 2.53 bits per heavy atom. The topological polar surface area (TPSA) is 91.4 Å². The van der Waals surface area contributed by atoms with E-state index in [1.54, 1.807) is 0 Å². The summed E-state index contributed by atoms with van der Waals surface area (Å²) in [5.74, 6) is -0.306.